The Balaban J connectivity index is 2.51. The highest BCUT2D eigenvalue weighted by molar-refractivity contribution is 4.94. The molecule has 0 radical (unpaired) electrons. The van der Waals surface area contributed by atoms with E-state index in [4.69, 9.17) is 4.74 Å². The molecule has 1 rings (SSSR count). The van der Waals surface area contributed by atoms with E-state index in [-0.39, 0.29) is 0 Å². The molecule has 0 saturated heterocycles. The van der Waals surface area contributed by atoms with Crippen LogP contribution in [0.5, 0.6) is 0 Å². The molecule has 0 amide bonds. The summed E-state index contributed by atoms with van der Waals surface area (Å²) in [6.07, 6.45) is 5.70. The molecule has 0 aromatic carbocycles. The van der Waals surface area contributed by atoms with Crippen LogP contribution in [-0.4, -0.2) is 32.1 Å². The second-order valence-corrected chi connectivity index (χ2v) is 4.08. The number of methoxy groups -OCH3 is 1. The number of nitrogens with zero attached hydrogens (tertiary/aromatic N) is 1. The van der Waals surface area contributed by atoms with E-state index in [0.717, 1.165) is 18.8 Å². The van der Waals surface area contributed by atoms with Crippen LogP contribution in [0.15, 0.2) is 11.8 Å². The van der Waals surface area contributed by atoms with Gasteiger partial charge in [-0.1, -0.05) is 6.92 Å². The van der Waals surface area contributed by atoms with Crippen molar-refractivity contribution in [3.05, 3.63) is 11.8 Å². The van der Waals surface area contributed by atoms with Gasteiger partial charge in [0.15, 0.2) is 0 Å². The maximum atomic E-state index is 5.31. The van der Waals surface area contributed by atoms with E-state index >= 15 is 0 Å². The van der Waals surface area contributed by atoms with Crippen molar-refractivity contribution in [2.24, 2.45) is 5.92 Å². The van der Waals surface area contributed by atoms with Crippen molar-refractivity contribution in [1.29, 1.82) is 0 Å². The molecule has 0 aromatic heterocycles. The van der Waals surface area contributed by atoms with E-state index in [9.17, 15) is 0 Å². The normalized spacial score (nSPS) is 31.0. The van der Waals surface area contributed by atoms with Crippen LogP contribution in [0.25, 0.3) is 0 Å². The fraction of sp³-hybridized carbons (Fsp3) is 0.818. The summed E-state index contributed by atoms with van der Waals surface area (Å²) in [6, 6.07) is 0. The maximum absolute atomic E-state index is 5.31. The van der Waals surface area contributed by atoms with E-state index < -0.39 is 0 Å². The molecular weight excluding hydrogens is 162 g/mol. The lowest BCUT2D eigenvalue weighted by atomic mass is 10.1. The number of ether oxygens (including phenoxy) is 1. The zero-order chi connectivity index (χ0) is 9.68. The molecule has 0 saturated carbocycles. The lowest BCUT2D eigenvalue weighted by molar-refractivity contribution is 0.263. The Kier molecular flexibility index (Phi) is 4.29. The molecule has 1 aliphatic heterocycles. The Labute approximate surface area is 81.6 Å². The molecule has 0 spiro atoms. The second kappa shape index (κ2) is 5.28. The Hall–Kier alpha value is -0.500. The van der Waals surface area contributed by atoms with Gasteiger partial charge in [0.1, 0.15) is 0 Å². The van der Waals surface area contributed by atoms with Gasteiger partial charge in [0.25, 0.3) is 0 Å². The first-order valence-corrected chi connectivity index (χ1v) is 5.14. The average Bonchev–Trinajstić information content (AvgIpc) is 2.16. The Morgan fingerprint density at radius 1 is 1.54 bits per heavy atom. The number of rotatable bonds is 1. The first kappa shape index (κ1) is 10.6. The molecule has 1 unspecified atom stereocenters. The summed E-state index contributed by atoms with van der Waals surface area (Å²) in [5.74, 6) is 1.91. The van der Waals surface area contributed by atoms with E-state index in [0.29, 0.717) is 0 Å². The molecule has 0 aromatic rings. The topological polar surface area (TPSA) is 12.5 Å². The van der Waals surface area contributed by atoms with Gasteiger partial charge in [0, 0.05) is 13.0 Å². The first-order chi connectivity index (χ1) is 6.22. The quantitative estimate of drug-likeness (QED) is 0.618. The molecule has 0 N–H and O–H groups in total. The minimum atomic E-state index is 0.744. The lowest BCUT2D eigenvalue weighted by Crippen LogP contribution is -2.24. The minimum absolute atomic E-state index is 0.744. The summed E-state index contributed by atoms with van der Waals surface area (Å²) in [7, 11) is 3.98. The van der Waals surface area contributed by atoms with Crippen LogP contribution in [0.1, 0.15) is 26.2 Å². The van der Waals surface area contributed by atoms with Crippen LogP contribution in [0, 0.1) is 5.92 Å². The van der Waals surface area contributed by atoms with Gasteiger partial charge in [-0.15, -0.1) is 0 Å². The molecule has 1 aliphatic rings. The standard InChI is InChI=1S/C11H21NO/c1-10-6-7-11(13-3)5-4-8-12(2)9-10/h7,10H,4-6,8-9H2,1-3H3/b11-7+. The predicted molar refractivity (Wildman–Crippen MR) is 55.6 cm³/mol. The lowest BCUT2D eigenvalue weighted by Gasteiger charge is -2.18. The van der Waals surface area contributed by atoms with Gasteiger partial charge in [-0.3, -0.25) is 0 Å². The number of hydrogen-bond donors (Lipinski definition) is 0. The smallest absolute Gasteiger partial charge is 0.0916 e. The molecule has 76 valence electrons. The van der Waals surface area contributed by atoms with Crippen LogP contribution in [-0.2, 0) is 4.74 Å². The number of allylic oxidation sites excluding steroid dienone is 2. The molecule has 2 heteroatoms. The molecular formula is C11H21NO. The van der Waals surface area contributed by atoms with E-state index in [2.05, 4.69) is 24.9 Å². The van der Waals surface area contributed by atoms with Gasteiger partial charge >= 0.3 is 0 Å². The summed E-state index contributed by atoms with van der Waals surface area (Å²) in [5, 5.41) is 0. The van der Waals surface area contributed by atoms with Crippen LogP contribution in [0.2, 0.25) is 0 Å². The van der Waals surface area contributed by atoms with Crippen LogP contribution >= 0.6 is 0 Å². The predicted octanol–water partition coefficient (Wildman–Crippen LogP) is 2.27. The molecule has 13 heavy (non-hydrogen) atoms. The van der Waals surface area contributed by atoms with Gasteiger partial charge in [-0.05, 0) is 38.4 Å². The molecule has 1 atom stereocenters. The Morgan fingerprint density at radius 2 is 2.31 bits per heavy atom. The van der Waals surface area contributed by atoms with Crippen LogP contribution < -0.4 is 0 Å². The van der Waals surface area contributed by atoms with Crippen LogP contribution in [0.3, 0.4) is 0 Å². The zero-order valence-electron chi connectivity index (χ0n) is 9.05. The molecule has 0 fully saturated rings. The highest BCUT2D eigenvalue weighted by Gasteiger charge is 2.09. The SMILES string of the molecule is CO/C1=C/CC(C)CN(C)CCC1. The van der Waals surface area contributed by atoms with Crippen molar-refractivity contribution < 1.29 is 4.74 Å². The Bertz CT molecular complexity index is 177. The molecule has 2 nitrogen and oxygen atoms in total. The third-order valence-corrected chi connectivity index (χ3v) is 2.60. The third-order valence-electron chi connectivity index (χ3n) is 2.60. The summed E-state index contributed by atoms with van der Waals surface area (Å²) < 4.78 is 5.31. The summed E-state index contributed by atoms with van der Waals surface area (Å²) in [4.78, 5) is 2.41. The van der Waals surface area contributed by atoms with Crippen LogP contribution in [0.4, 0.5) is 0 Å². The van der Waals surface area contributed by atoms with Crippen molar-refractivity contribution in [2.45, 2.75) is 26.2 Å². The van der Waals surface area contributed by atoms with E-state index in [1.807, 2.05) is 0 Å². The van der Waals surface area contributed by atoms with Crippen molar-refractivity contribution >= 4 is 0 Å². The zero-order valence-corrected chi connectivity index (χ0v) is 9.05. The average molecular weight is 183 g/mol. The fourth-order valence-electron chi connectivity index (χ4n) is 1.84. The van der Waals surface area contributed by atoms with Crippen molar-refractivity contribution in [3.8, 4) is 0 Å². The van der Waals surface area contributed by atoms with E-state index in [1.54, 1.807) is 7.11 Å². The minimum Gasteiger partial charge on any atom is -0.501 e. The summed E-state index contributed by atoms with van der Waals surface area (Å²) in [6.45, 7) is 4.68. The van der Waals surface area contributed by atoms with Gasteiger partial charge in [-0.25, -0.2) is 0 Å². The molecule has 1 heterocycles. The van der Waals surface area contributed by atoms with Gasteiger partial charge in [0.2, 0.25) is 0 Å². The van der Waals surface area contributed by atoms with E-state index in [1.165, 1.54) is 25.3 Å². The van der Waals surface area contributed by atoms with Gasteiger partial charge < -0.3 is 9.64 Å². The fourth-order valence-corrected chi connectivity index (χ4v) is 1.84. The Morgan fingerprint density at radius 3 is 3.00 bits per heavy atom. The first-order valence-electron chi connectivity index (χ1n) is 5.14. The van der Waals surface area contributed by atoms with Crippen molar-refractivity contribution in [3.63, 3.8) is 0 Å². The summed E-state index contributed by atoms with van der Waals surface area (Å²) >= 11 is 0. The summed E-state index contributed by atoms with van der Waals surface area (Å²) in [5.41, 5.74) is 0. The largest absolute Gasteiger partial charge is 0.501 e. The molecule has 0 bridgehead atoms. The third kappa shape index (κ3) is 3.81. The van der Waals surface area contributed by atoms with Crippen molar-refractivity contribution in [2.75, 3.05) is 27.2 Å². The van der Waals surface area contributed by atoms with Crippen molar-refractivity contribution in [1.82, 2.24) is 4.90 Å². The second-order valence-electron chi connectivity index (χ2n) is 4.08. The molecule has 0 aliphatic carbocycles. The monoisotopic (exact) mass is 183 g/mol. The number of hydrogen-bond acceptors (Lipinski definition) is 2. The maximum Gasteiger partial charge on any atom is 0.0916 e. The highest BCUT2D eigenvalue weighted by Crippen LogP contribution is 2.14. The van der Waals surface area contributed by atoms with Gasteiger partial charge in [-0.2, -0.15) is 0 Å². The highest BCUT2D eigenvalue weighted by atomic mass is 16.5. The van der Waals surface area contributed by atoms with Gasteiger partial charge in [0.05, 0.1) is 12.9 Å².